The van der Waals surface area contributed by atoms with Crippen LogP contribution in [0.2, 0.25) is 0 Å². The lowest BCUT2D eigenvalue weighted by Crippen LogP contribution is -2.57. The second kappa shape index (κ2) is 10.8. The van der Waals surface area contributed by atoms with E-state index >= 15 is 0 Å². The highest BCUT2D eigenvalue weighted by Gasteiger charge is 2.48. The summed E-state index contributed by atoms with van der Waals surface area (Å²) < 4.78 is 11.6. The van der Waals surface area contributed by atoms with Crippen LogP contribution in [0.1, 0.15) is 55.1 Å². The van der Waals surface area contributed by atoms with E-state index in [4.69, 9.17) is 9.15 Å². The number of nitrogens with zero attached hydrogens (tertiary/aromatic N) is 2. The van der Waals surface area contributed by atoms with Crippen molar-refractivity contribution in [1.82, 2.24) is 4.90 Å². The molecular weight excluding hydrogens is 464 g/mol. The van der Waals surface area contributed by atoms with Gasteiger partial charge in [-0.3, -0.25) is 4.90 Å². The van der Waals surface area contributed by atoms with Gasteiger partial charge in [0.2, 0.25) is 0 Å². The van der Waals surface area contributed by atoms with Crippen molar-refractivity contribution in [3.63, 3.8) is 0 Å². The summed E-state index contributed by atoms with van der Waals surface area (Å²) in [5.41, 5.74) is 6.00. The monoisotopic (exact) mass is 500 g/mol. The van der Waals surface area contributed by atoms with Crippen molar-refractivity contribution in [3.8, 4) is 5.75 Å². The van der Waals surface area contributed by atoms with Gasteiger partial charge in [-0.25, -0.2) is 4.79 Å². The number of carbonyl (C=O) groups excluding carboxylic acids is 1. The highest BCUT2D eigenvalue weighted by atomic mass is 16.5. The fourth-order valence-electron chi connectivity index (χ4n) is 5.45. The number of piperidine rings is 1. The van der Waals surface area contributed by atoms with Gasteiger partial charge < -0.3 is 14.4 Å². The van der Waals surface area contributed by atoms with Crippen LogP contribution in [-0.4, -0.2) is 23.5 Å². The third-order valence-corrected chi connectivity index (χ3v) is 7.99. The van der Waals surface area contributed by atoms with E-state index in [1.807, 2.05) is 18.4 Å². The summed E-state index contributed by atoms with van der Waals surface area (Å²) in [5.74, 6) is 0.781. The maximum Gasteiger partial charge on any atom is 0.338 e. The Morgan fingerprint density at radius 1 is 1.32 bits per heavy atom. The molecule has 5 rings (SSSR count). The van der Waals surface area contributed by atoms with E-state index in [1.165, 1.54) is 22.9 Å². The maximum atomic E-state index is 11.9. The molecule has 2 aromatic heterocycles. The summed E-state index contributed by atoms with van der Waals surface area (Å²) in [7, 11) is 0. The van der Waals surface area contributed by atoms with Gasteiger partial charge in [-0.15, -0.1) is 0 Å². The average Bonchev–Trinajstić information content (AvgIpc) is 3.39. The predicted octanol–water partition coefficient (Wildman–Crippen LogP) is 5.76. The van der Waals surface area contributed by atoms with Crippen LogP contribution in [0.15, 0.2) is 78.3 Å². The Morgan fingerprint density at radius 3 is 2.76 bits per heavy atom. The molecule has 0 N–H and O–H groups in total. The average molecular weight is 501 g/mol. The Balaban J connectivity index is 0.000000270. The largest absolute Gasteiger partial charge is 0.618 e. The predicted molar refractivity (Wildman–Crippen MR) is 145 cm³/mol. The Morgan fingerprint density at radius 2 is 2.11 bits per heavy atom. The first-order valence-corrected chi connectivity index (χ1v) is 12.7. The fourth-order valence-corrected chi connectivity index (χ4v) is 5.45. The number of fused-ring (bicyclic) bond motifs is 4. The van der Waals surface area contributed by atoms with E-state index in [2.05, 4.69) is 50.1 Å². The van der Waals surface area contributed by atoms with Crippen molar-refractivity contribution in [1.29, 1.82) is 0 Å². The highest BCUT2D eigenvalue weighted by Crippen LogP contribution is 2.49. The van der Waals surface area contributed by atoms with E-state index in [0.29, 0.717) is 29.0 Å². The van der Waals surface area contributed by atoms with Crippen LogP contribution >= 0.6 is 0 Å². The van der Waals surface area contributed by atoms with E-state index in [0.717, 1.165) is 36.2 Å². The van der Waals surface area contributed by atoms with Crippen molar-refractivity contribution in [3.05, 3.63) is 107 Å². The van der Waals surface area contributed by atoms with Gasteiger partial charge in [0.25, 0.3) is 0 Å². The molecule has 3 aromatic rings. The normalized spacial score (nSPS) is 22.3. The standard InChI is InChI=1S/C23H27NO3.C8H9NO/c1-15(2)22(25)27-19-6-5-18-11-21-16(3)23(4,20(18)12-19)8-9-24(21)13-17-7-10-26-14-17;1-3-8-5-4-7(2)9(10)6-8/h5-7,10,12,14,16,21H,1,8-9,11,13H2,2-4H3;3-6H,1H2,2H3/t16-,21+,23+;/m0./s1. The highest BCUT2D eigenvalue weighted by molar-refractivity contribution is 5.88. The quantitative estimate of drug-likeness (QED) is 0.147. The SMILES string of the molecule is C=C(C)C(=O)Oc1ccc2c(c1)[C@]1(C)CCN(Cc3ccoc3)[C@H](C2)[C@@H]1C.C=Cc1ccc(C)[n+]([O-])c1. The van der Waals surface area contributed by atoms with Gasteiger partial charge in [0.05, 0.1) is 12.5 Å². The number of hydrogen-bond acceptors (Lipinski definition) is 5. The van der Waals surface area contributed by atoms with Gasteiger partial charge in [-0.1, -0.05) is 39.1 Å². The first-order chi connectivity index (χ1) is 17.6. The summed E-state index contributed by atoms with van der Waals surface area (Å²) in [6.07, 6.45) is 8.86. The molecule has 0 amide bonds. The van der Waals surface area contributed by atoms with Gasteiger partial charge >= 0.3 is 5.97 Å². The molecule has 3 atom stereocenters. The molecule has 0 radical (unpaired) electrons. The molecule has 1 saturated heterocycles. The lowest BCUT2D eigenvalue weighted by atomic mass is 9.59. The van der Waals surface area contributed by atoms with Crippen LogP contribution in [0.25, 0.3) is 6.08 Å². The second-order valence-electron chi connectivity index (χ2n) is 10.5. The molecule has 1 fully saturated rings. The molecule has 6 heteroatoms. The number of pyridine rings is 1. The molecule has 1 aromatic carbocycles. The Hall–Kier alpha value is -3.64. The van der Waals surface area contributed by atoms with E-state index in [1.54, 1.807) is 32.3 Å². The number of likely N-dealkylation sites (tertiary alicyclic amines) is 1. The number of furan rings is 1. The van der Waals surface area contributed by atoms with E-state index in [-0.39, 0.29) is 11.4 Å². The number of rotatable bonds is 5. The molecule has 3 heterocycles. The second-order valence-corrected chi connectivity index (χ2v) is 10.5. The topological polar surface area (TPSA) is 69.6 Å². The third kappa shape index (κ3) is 5.54. The molecule has 2 bridgehead atoms. The summed E-state index contributed by atoms with van der Waals surface area (Å²) in [4.78, 5) is 14.5. The summed E-state index contributed by atoms with van der Waals surface area (Å²) in [6, 6.07) is 12.3. The number of aryl methyl sites for hydroxylation is 1. The Kier molecular flexibility index (Phi) is 7.69. The number of benzene rings is 1. The number of ether oxygens (including phenoxy) is 1. The van der Waals surface area contributed by atoms with E-state index < -0.39 is 0 Å². The van der Waals surface area contributed by atoms with Crippen molar-refractivity contribution < 1.29 is 18.7 Å². The number of carbonyl (C=O) groups is 1. The maximum absolute atomic E-state index is 11.9. The van der Waals surface area contributed by atoms with Gasteiger partial charge in [0.15, 0.2) is 11.9 Å². The molecule has 1 aliphatic heterocycles. The molecule has 1 aliphatic carbocycles. The Labute approximate surface area is 219 Å². The van der Waals surface area contributed by atoms with Crippen LogP contribution in [0, 0.1) is 18.0 Å². The molecule has 194 valence electrons. The molecule has 0 spiro atoms. The zero-order valence-electron chi connectivity index (χ0n) is 22.2. The molecule has 0 unspecified atom stereocenters. The van der Waals surface area contributed by atoms with Gasteiger partial charge in [0.1, 0.15) is 5.75 Å². The van der Waals surface area contributed by atoms with Crippen molar-refractivity contribution >= 4 is 12.0 Å². The smallest absolute Gasteiger partial charge is 0.338 e. The molecule has 2 aliphatic rings. The lowest BCUT2D eigenvalue weighted by molar-refractivity contribution is -0.612. The van der Waals surface area contributed by atoms with Crippen LogP contribution in [0.4, 0.5) is 0 Å². The van der Waals surface area contributed by atoms with Gasteiger partial charge in [0, 0.05) is 42.3 Å². The van der Waals surface area contributed by atoms with Crippen molar-refractivity contribution in [2.45, 2.75) is 58.5 Å². The van der Waals surface area contributed by atoms with Gasteiger partial charge in [-0.2, -0.15) is 4.73 Å². The fraction of sp³-hybridized carbons (Fsp3) is 0.355. The molecular formula is C31H36N2O4. The number of hydrogen-bond donors (Lipinski definition) is 0. The zero-order chi connectivity index (χ0) is 26.7. The lowest BCUT2D eigenvalue weighted by Gasteiger charge is -2.54. The molecule has 0 saturated carbocycles. The molecule has 37 heavy (non-hydrogen) atoms. The Bertz CT molecular complexity index is 1300. The first kappa shape index (κ1) is 26.4. The summed E-state index contributed by atoms with van der Waals surface area (Å²) in [5, 5.41) is 10.9. The third-order valence-electron chi connectivity index (χ3n) is 7.99. The molecule has 6 nitrogen and oxygen atoms in total. The number of aromatic nitrogens is 1. The van der Waals surface area contributed by atoms with Crippen LogP contribution in [0.5, 0.6) is 5.75 Å². The van der Waals surface area contributed by atoms with Gasteiger partial charge in [-0.05, 0) is 73.0 Å². The van der Waals surface area contributed by atoms with E-state index in [9.17, 15) is 10.0 Å². The van der Waals surface area contributed by atoms with Crippen LogP contribution in [-0.2, 0) is 23.2 Å². The van der Waals surface area contributed by atoms with Crippen molar-refractivity contribution in [2.75, 3.05) is 6.54 Å². The minimum Gasteiger partial charge on any atom is -0.618 e. The first-order valence-electron chi connectivity index (χ1n) is 12.7. The van der Waals surface area contributed by atoms with Crippen LogP contribution in [0.3, 0.4) is 0 Å². The van der Waals surface area contributed by atoms with Crippen molar-refractivity contribution in [2.24, 2.45) is 5.92 Å². The summed E-state index contributed by atoms with van der Waals surface area (Å²) in [6.45, 7) is 17.4. The minimum absolute atomic E-state index is 0.0940. The zero-order valence-corrected chi connectivity index (χ0v) is 22.2. The van der Waals surface area contributed by atoms with Crippen LogP contribution < -0.4 is 9.47 Å². The number of esters is 1. The summed E-state index contributed by atoms with van der Waals surface area (Å²) >= 11 is 0. The minimum atomic E-state index is -0.364.